The molecule has 34 heavy (non-hydrogen) atoms. The van der Waals surface area contributed by atoms with Crippen LogP contribution in [0.3, 0.4) is 0 Å². The minimum absolute atomic E-state index is 0.0482. The first-order valence-corrected chi connectivity index (χ1v) is 11.9. The van der Waals surface area contributed by atoms with Crippen LogP contribution >= 0.6 is 0 Å². The van der Waals surface area contributed by atoms with E-state index >= 15 is 0 Å². The third kappa shape index (κ3) is 3.04. The number of ketones is 2. The van der Waals surface area contributed by atoms with Gasteiger partial charge in [0.2, 0.25) is 5.78 Å². The van der Waals surface area contributed by atoms with Crippen molar-refractivity contribution < 1.29 is 28.6 Å². The molecular weight excluding hydrogens is 435 g/mol. The number of esters is 1. The Labute approximate surface area is 198 Å². The van der Waals surface area contributed by atoms with Gasteiger partial charge >= 0.3 is 5.97 Å². The van der Waals surface area contributed by atoms with Gasteiger partial charge < -0.3 is 9.84 Å². The van der Waals surface area contributed by atoms with Gasteiger partial charge in [-0.15, -0.1) is 0 Å². The Balaban J connectivity index is 1.59. The van der Waals surface area contributed by atoms with E-state index in [4.69, 9.17) is 4.74 Å². The molecule has 5 atom stereocenters. The molecule has 0 spiro atoms. The molecule has 0 bridgehead atoms. The molecule has 0 amide bonds. The normalized spacial score (nSPS) is 36.4. The molecular formula is C28H29FO5. The third-order valence-electron chi connectivity index (χ3n) is 8.83. The summed E-state index contributed by atoms with van der Waals surface area (Å²) in [7, 11) is 0. The Morgan fingerprint density at radius 3 is 2.62 bits per heavy atom. The van der Waals surface area contributed by atoms with E-state index in [1.807, 2.05) is 19.9 Å². The van der Waals surface area contributed by atoms with E-state index in [1.165, 1.54) is 0 Å². The van der Waals surface area contributed by atoms with E-state index in [0.29, 0.717) is 24.8 Å². The number of Topliss-reactive ketones (excluding diaryl/α,β-unsaturated/α-hetero) is 1. The first-order chi connectivity index (χ1) is 16.2. The van der Waals surface area contributed by atoms with Crippen molar-refractivity contribution in [2.24, 2.45) is 16.7 Å². The van der Waals surface area contributed by atoms with E-state index in [-0.39, 0.29) is 24.5 Å². The third-order valence-corrected chi connectivity index (χ3v) is 8.83. The summed E-state index contributed by atoms with van der Waals surface area (Å²) in [6.07, 6.45) is 6.47. The summed E-state index contributed by atoms with van der Waals surface area (Å²) in [6.45, 7) is 2.64. The van der Waals surface area contributed by atoms with Crippen LogP contribution in [0.2, 0.25) is 0 Å². The number of aliphatic hydroxyl groups excluding tert-OH is 1. The lowest BCUT2D eigenvalue weighted by molar-refractivity contribution is -0.156. The highest BCUT2D eigenvalue weighted by Gasteiger charge is 2.67. The fourth-order valence-corrected chi connectivity index (χ4v) is 7.16. The Morgan fingerprint density at radius 2 is 1.91 bits per heavy atom. The lowest BCUT2D eigenvalue weighted by Gasteiger charge is -2.53. The summed E-state index contributed by atoms with van der Waals surface area (Å²) in [5, 5.41) is 11.5. The highest BCUT2D eigenvalue weighted by Crippen LogP contribution is 2.65. The predicted octanol–water partition coefficient (Wildman–Crippen LogP) is 4.46. The Bertz CT molecular complexity index is 1160. The van der Waals surface area contributed by atoms with Crippen molar-refractivity contribution in [1.82, 2.24) is 0 Å². The molecule has 1 aromatic rings. The molecule has 0 radical (unpaired) electrons. The van der Waals surface area contributed by atoms with Crippen molar-refractivity contribution in [3.63, 3.8) is 0 Å². The SMILES string of the molecule is C[C@]12C=CC(=O)C=C1CCC1=C2C(O)C[C@@]2(C)[C@H]1CC[C@]2(OC(=O)c1ccccc1)C(=O)CF. The summed E-state index contributed by atoms with van der Waals surface area (Å²) in [6, 6.07) is 8.40. The van der Waals surface area contributed by atoms with Crippen LogP contribution in [0.4, 0.5) is 4.39 Å². The number of alkyl halides is 1. The summed E-state index contributed by atoms with van der Waals surface area (Å²) in [4.78, 5) is 38.2. The van der Waals surface area contributed by atoms with Crippen LogP contribution in [0, 0.1) is 16.7 Å². The smallest absolute Gasteiger partial charge is 0.339 e. The van der Waals surface area contributed by atoms with Crippen LogP contribution in [-0.2, 0) is 14.3 Å². The van der Waals surface area contributed by atoms with Crippen molar-refractivity contribution in [3.05, 3.63) is 70.8 Å². The van der Waals surface area contributed by atoms with E-state index in [2.05, 4.69) is 0 Å². The number of rotatable bonds is 4. The Morgan fingerprint density at radius 1 is 1.18 bits per heavy atom. The average Bonchev–Trinajstić information content (AvgIpc) is 3.11. The van der Waals surface area contributed by atoms with Crippen LogP contribution in [0.5, 0.6) is 0 Å². The summed E-state index contributed by atoms with van der Waals surface area (Å²) in [5.74, 6) is -1.58. The van der Waals surface area contributed by atoms with Crippen LogP contribution < -0.4 is 0 Å². The molecule has 0 aliphatic heterocycles. The number of halogens is 1. The molecule has 1 N–H and O–H groups in total. The van der Waals surface area contributed by atoms with Crippen molar-refractivity contribution in [2.75, 3.05) is 6.67 Å². The maximum atomic E-state index is 14.0. The molecule has 5 nitrogen and oxygen atoms in total. The van der Waals surface area contributed by atoms with Gasteiger partial charge in [0.15, 0.2) is 18.1 Å². The zero-order valence-corrected chi connectivity index (χ0v) is 19.5. The molecule has 6 heteroatoms. The van der Waals surface area contributed by atoms with Gasteiger partial charge in [-0.3, -0.25) is 9.59 Å². The molecule has 0 saturated heterocycles. The molecule has 0 aromatic heterocycles. The maximum Gasteiger partial charge on any atom is 0.339 e. The Hall–Kier alpha value is -2.86. The largest absolute Gasteiger partial charge is 0.447 e. The number of benzene rings is 1. The standard InChI is InChI=1S/C28H29FO5/c1-26-12-10-19(30)14-18(26)8-9-20-21-11-13-28(23(32)16-29,27(21,2)15-22(31)24(20)26)34-25(33)17-6-4-3-5-7-17/h3-7,10,12,14,21-22,31H,8-9,11,13,15-16H2,1-2H3/t21-,22?,26-,27-,28-/m0/s1. The average molecular weight is 465 g/mol. The van der Waals surface area contributed by atoms with Gasteiger partial charge in [-0.25, -0.2) is 9.18 Å². The highest BCUT2D eigenvalue weighted by molar-refractivity contribution is 6.01. The molecule has 1 aromatic carbocycles. The lowest BCUT2D eigenvalue weighted by atomic mass is 9.52. The fraction of sp³-hybridized carbons (Fsp3) is 0.464. The molecule has 0 heterocycles. The highest BCUT2D eigenvalue weighted by atomic mass is 19.1. The second kappa shape index (κ2) is 7.84. The van der Waals surface area contributed by atoms with Gasteiger partial charge in [-0.1, -0.05) is 42.3 Å². The molecule has 1 saturated carbocycles. The molecule has 1 fully saturated rings. The van der Waals surface area contributed by atoms with E-state index < -0.39 is 41.0 Å². The number of aliphatic hydroxyl groups is 1. The van der Waals surface area contributed by atoms with Gasteiger partial charge in [0.1, 0.15) is 0 Å². The quantitative estimate of drug-likeness (QED) is 0.526. The monoisotopic (exact) mass is 464 g/mol. The first kappa shape index (κ1) is 22.9. The number of carbonyl (C=O) groups is 3. The number of hydrogen-bond acceptors (Lipinski definition) is 5. The van der Waals surface area contributed by atoms with Crippen molar-refractivity contribution in [2.45, 2.75) is 57.7 Å². The van der Waals surface area contributed by atoms with Crippen LogP contribution in [-0.4, -0.2) is 41.0 Å². The van der Waals surface area contributed by atoms with Gasteiger partial charge in [-0.2, -0.15) is 0 Å². The van der Waals surface area contributed by atoms with Crippen molar-refractivity contribution >= 4 is 17.5 Å². The van der Waals surface area contributed by atoms with Crippen molar-refractivity contribution in [1.29, 1.82) is 0 Å². The van der Waals surface area contributed by atoms with Crippen LogP contribution in [0.1, 0.15) is 56.3 Å². The second-order valence-corrected chi connectivity index (χ2v) is 10.4. The van der Waals surface area contributed by atoms with E-state index in [1.54, 1.807) is 42.5 Å². The first-order valence-electron chi connectivity index (χ1n) is 11.9. The van der Waals surface area contributed by atoms with Crippen LogP contribution in [0.15, 0.2) is 65.3 Å². The second-order valence-electron chi connectivity index (χ2n) is 10.4. The zero-order chi connectivity index (χ0) is 24.3. The van der Waals surface area contributed by atoms with Gasteiger partial charge in [0.25, 0.3) is 0 Å². The summed E-state index contributed by atoms with van der Waals surface area (Å²) < 4.78 is 19.9. The Kier molecular flexibility index (Phi) is 5.28. The topological polar surface area (TPSA) is 80.7 Å². The minimum atomic E-state index is -1.64. The van der Waals surface area contributed by atoms with Gasteiger partial charge in [0.05, 0.1) is 11.7 Å². The van der Waals surface area contributed by atoms with Crippen molar-refractivity contribution in [3.8, 4) is 0 Å². The number of fused-ring (bicyclic) bond motifs is 4. The van der Waals surface area contributed by atoms with Gasteiger partial charge in [0, 0.05) is 10.8 Å². The molecule has 4 aliphatic rings. The number of hydrogen-bond donors (Lipinski definition) is 1. The maximum absolute atomic E-state index is 14.0. The summed E-state index contributed by atoms with van der Waals surface area (Å²) in [5.41, 5.74) is 0.0881. The number of allylic oxidation sites excluding steroid dienone is 5. The summed E-state index contributed by atoms with van der Waals surface area (Å²) >= 11 is 0. The molecule has 4 aliphatic carbocycles. The molecule has 1 unspecified atom stereocenters. The number of ether oxygens (including phenoxy) is 1. The van der Waals surface area contributed by atoms with E-state index in [0.717, 1.165) is 16.7 Å². The predicted molar refractivity (Wildman–Crippen MR) is 124 cm³/mol. The fourth-order valence-electron chi connectivity index (χ4n) is 7.16. The lowest BCUT2D eigenvalue weighted by Crippen LogP contribution is -2.58. The zero-order valence-electron chi connectivity index (χ0n) is 19.5. The van der Waals surface area contributed by atoms with E-state index in [9.17, 15) is 23.9 Å². The van der Waals surface area contributed by atoms with Gasteiger partial charge in [-0.05, 0) is 74.8 Å². The van der Waals surface area contributed by atoms with Crippen LogP contribution in [0.25, 0.3) is 0 Å². The number of carbonyl (C=O) groups excluding carboxylic acids is 3. The minimum Gasteiger partial charge on any atom is -0.447 e. The molecule has 178 valence electrons. The molecule has 5 rings (SSSR count).